The van der Waals surface area contributed by atoms with E-state index in [1.807, 2.05) is 30.5 Å². The average Bonchev–Trinajstić information content (AvgIpc) is 2.38. The van der Waals surface area contributed by atoms with Crippen LogP contribution >= 0.6 is 11.8 Å². The van der Waals surface area contributed by atoms with E-state index in [4.69, 9.17) is 0 Å². The van der Waals surface area contributed by atoms with Crippen LogP contribution in [-0.2, 0) is 6.54 Å². The molecule has 18 heavy (non-hydrogen) atoms. The Bertz CT molecular complexity index is 526. The third kappa shape index (κ3) is 3.23. The van der Waals surface area contributed by atoms with Crippen LogP contribution < -0.4 is 5.32 Å². The first kappa shape index (κ1) is 12.9. The van der Waals surface area contributed by atoms with Gasteiger partial charge in [-0.15, -0.1) is 11.8 Å². The molecule has 0 aliphatic carbocycles. The molecule has 0 spiro atoms. The van der Waals surface area contributed by atoms with Gasteiger partial charge in [0.05, 0.1) is 0 Å². The van der Waals surface area contributed by atoms with Gasteiger partial charge in [0.25, 0.3) is 0 Å². The molecule has 1 nitrogen and oxygen atoms in total. The first-order valence-corrected chi connectivity index (χ1v) is 6.73. The summed E-state index contributed by atoms with van der Waals surface area (Å²) in [4.78, 5) is 1.17. The maximum absolute atomic E-state index is 13.4. The van der Waals surface area contributed by atoms with E-state index in [1.54, 1.807) is 11.8 Å². The fraction of sp³-hybridized carbons (Fsp3) is 0.143. The standard InChI is InChI=1S/C14H13F2NS/c1-18-13-6-4-12(5-7-13)17-9-10-2-3-11(15)8-14(10)16/h2-8,17H,9H2,1H3. The average molecular weight is 265 g/mol. The quantitative estimate of drug-likeness (QED) is 0.827. The zero-order valence-corrected chi connectivity index (χ0v) is 10.7. The van der Waals surface area contributed by atoms with Gasteiger partial charge in [-0.05, 0) is 36.6 Å². The van der Waals surface area contributed by atoms with Crippen LogP contribution in [0.5, 0.6) is 0 Å². The number of hydrogen-bond acceptors (Lipinski definition) is 2. The molecule has 0 aromatic heterocycles. The molecule has 0 radical (unpaired) electrons. The van der Waals surface area contributed by atoms with Gasteiger partial charge in [-0.25, -0.2) is 8.78 Å². The number of hydrogen-bond donors (Lipinski definition) is 1. The summed E-state index contributed by atoms with van der Waals surface area (Å²) in [5, 5.41) is 3.10. The molecular weight excluding hydrogens is 252 g/mol. The fourth-order valence-corrected chi connectivity index (χ4v) is 1.98. The second-order valence-corrected chi connectivity index (χ2v) is 4.70. The smallest absolute Gasteiger partial charge is 0.131 e. The van der Waals surface area contributed by atoms with Crippen LogP contribution in [0.15, 0.2) is 47.4 Å². The first-order valence-electron chi connectivity index (χ1n) is 5.51. The van der Waals surface area contributed by atoms with E-state index in [0.29, 0.717) is 12.1 Å². The van der Waals surface area contributed by atoms with Gasteiger partial charge in [0.15, 0.2) is 0 Å². The normalized spacial score (nSPS) is 10.4. The van der Waals surface area contributed by atoms with Crippen molar-refractivity contribution in [3.63, 3.8) is 0 Å². The Morgan fingerprint density at radius 2 is 1.78 bits per heavy atom. The second-order valence-electron chi connectivity index (χ2n) is 3.82. The van der Waals surface area contributed by atoms with E-state index in [1.165, 1.54) is 17.0 Å². The van der Waals surface area contributed by atoms with Crippen molar-refractivity contribution in [3.8, 4) is 0 Å². The van der Waals surface area contributed by atoms with Crippen molar-refractivity contribution in [2.24, 2.45) is 0 Å². The number of anilines is 1. The predicted octanol–water partition coefficient (Wildman–Crippen LogP) is 4.30. The first-order chi connectivity index (χ1) is 8.69. The molecule has 0 fully saturated rings. The van der Waals surface area contributed by atoms with Crippen LogP contribution in [0.2, 0.25) is 0 Å². The number of thioether (sulfide) groups is 1. The lowest BCUT2D eigenvalue weighted by Gasteiger charge is -2.08. The molecule has 0 amide bonds. The molecule has 0 aliphatic heterocycles. The summed E-state index contributed by atoms with van der Waals surface area (Å²) in [7, 11) is 0. The molecule has 4 heteroatoms. The van der Waals surface area contributed by atoms with Crippen molar-refractivity contribution in [2.75, 3.05) is 11.6 Å². The lowest BCUT2D eigenvalue weighted by atomic mass is 10.2. The highest BCUT2D eigenvalue weighted by Gasteiger charge is 2.03. The van der Waals surface area contributed by atoms with Crippen LogP contribution in [0.3, 0.4) is 0 Å². The molecule has 0 aliphatic rings. The minimum absolute atomic E-state index is 0.338. The minimum atomic E-state index is -0.555. The summed E-state index contributed by atoms with van der Waals surface area (Å²) in [6.07, 6.45) is 2.01. The van der Waals surface area contributed by atoms with Crippen molar-refractivity contribution in [3.05, 3.63) is 59.7 Å². The number of nitrogens with one attached hydrogen (secondary N) is 1. The van der Waals surface area contributed by atoms with E-state index < -0.39 is 11.6 Å². The zero-order chi connectivity index (χ0) is 13.0. The molecule has 2 aromatic rings. The summed E-state index contributed by atoms with van der Waals surface area (Å²) in [5.41, 5.74) is 1.36. The molecule has 0 saturated heterocycles. The molecule has 2 aromatic carbocycles. The topological polar surface area (TPSA) is 12.0 Å². The van der Waals surface area contributed by atoms with Crippen molar-refractivity contribution < 1.29 is 8.78 Å². The highest BCUT2D eigenvalue weighted by atomic mass is 32.2. The second kappa shape index (κ2) is 5.87. The van der Waals surface area contributed by atoms with Gasteiger partial charge < -0.3 is 5.32 Å². The van der Waals surface area contributed by atoms with E-state index in [2.05, 4.69) is 5.32 Å². The van der Waals surface area contributed by atoms with Gasteiger partial charge in [0.1, 0.15) is 11.6 Å². The van der Waals surface area contributed by atoms with Crippen molar-refractivity contribution in [2.45, 2.75) is 11.4 Å². The van der Waals surface area contributed by atoms with Gasteiger partial charge in [-0.1, -0.05) is 6.07 Å². The number of halogens is 2. The summed E-state index contributed by atoms with van der Waals surface area (Å²) in [5.74, 6) is -1.08. The molecule has 1 N–H and O–H groups in total. The summed E-state index contributed by atoms with van der Waals surface area (Å²) < 4.78 is 26.1. The van der Waals surface area contributed by atoms with Gasteiger partial charge in [0, 0.05) is 28.8 Å². The maximum atomic E-state index is 13.4. The van der Waals surface area contributed by atoms with E-state index in [9.17, 15) is 8.78 Å². The fourth-order valence-electron chi connectivity index (χ4n) is 1.57. The molecule has 0 heterocycles. The molecular formula is C14H13F2NS. The lowest BCUT2D eigenvalue weighted by Crippen LogP contribution is -2.02. The molecule has 0 saturated carbocycles. The highest BCUT2D eigenvalue weighted by Crippen LogP contribution is 2.18. The van der Waals surface area contributed by atoms with E-state index in [0.717, 1.165) is 11.8 Å². The van der Waals surface area contributed by atoms with Crippen LogP contribution in [0.1, 0.15) is 5.56 Å². The van der Waals surface area contributed by atoms with Crippen molar-refractivity contribution >= 4 is 17.4 Å². The largest absolute Gasteiger partial charge is 0.381 e. The third-order valence-electron chi connectivity index (χ3n) is 2.59. The number of benzene rings is 2. The third-order valence-corrected chi connectivity index (χ3v) is 3.33. The van der Waals surface area contributed by atoms with Crippen LogP contribution in [0.4, 0.5) is 14.5 Å². The SMILES string of the molecule is CSc1ccc(NCc2ccc(F)cc2F)cc1. The Balaban J connectivity index is 2.02. The summed E-state index contributed by atoms with van der Waals surface area (Å²) in [6, 6.07) is 11.5. The molecule has 94 valence electrons. The monoisotopic (exact) mass is 265 g/mol. The lowest BCUT2D eigenvalue weighted by molar-refractivity contribution is 0.574. The Morgan fingerprint density at radius 1 is 1.06 bits per heavy atom. The van der Waals surface area contributed by atoms with Crippen LogP contribution in [-0.4, -0.2) is 6.26 Å². The van der Waals surface area contributed by atoms with Gasteiger partial charge in [-0.2, -0.15) is 0 Å². The van der Waals surface area contributed by atoms with E-state index >= 15 is 0 Å². The summed E-state index contributed by atoms with van der Waals surface area (Å²) >= 11 is 1.67. The Kier molecular flexibility index (Phi) is 4.20. The van der Waals surface area contributed by atoms with Gasteiger partial charge in [-0.3, -0.25) is 0 Å². The van der Waals surface area contributed by atoms with E-state index in [-0.39, 0.29) is 0 Å². The maximum Gasteiger partial charge on any atom is 0.131 e. The molecule has 0 atom stereocenters. The highest BCUT2D eigenvalue weighted by molar-refractivity contribution is 7.98. The van der Waals surface area contributed by atoms with Crippen molar-refractivity contribution in [1.82, 2.24) is 0 Å². The van der Waals surface area contributed by atoms with Gasteiger partial charge >= 0.3 is 0 Å². The molecule has 2 rings (SSSR count). The van der Waals surface area contributed by atoms with Crippen molar-refractivity contribution in [1.29, 1.82) is 0 Å². The zero-order valence-electron chi connectivity index (χ0n) is 9.91. The van der Waals surface area contributed by atoms with Crippen LogP contribution in [0.25, 0.3) is 0 Å². The van der Waals surface area contributed by atoms with Crippen LogP contribution in [0, 0.1) is 11.6 Å². The summed E-state index contributed by atoms with van der Waals surface area (Å²) in [6.45, 7) is 0.338. The Labute approximate surface area is 109 Å². The Hall–Kier alpha value is -1.55. The Morgan fingerprint density at radius 3 is 2.39 bits per heavy atom. The predicted molar refractivity (Wildman–Crippen MR) is 71.9 cm³/mol. The number of rotatable bonds is 4. The molecule has 0 bridgehead atoms. The van der Waals surface area contributed by atoms with Gasteiger partial charge in [0.2, 0.25) is 0 Å². The minimum Gasteiger partial charge on any atom is -0.381 e. The molecule has 0 unspecified atom stereocenters.